The molecular weight excluding hydrogens is 308 g/mol. The summed E-state index contributed by atoms with van der Waals surface area (Å²) < 4.78 is 10.7. The number of hydrogen-bond donors (Lipinski definition) is 0. The summed E-state index contributed by atoms with van der Waals surface area (Å²) in [6, 6.07) is 12.2. The van der Waals surface area contributed by atoms with Crippen molar-refractivity contribution in [3.63, 3.8) is 0 Å². The highest BCUT2D eigenvalue weighted by atomic mass is 16.6. The normalized spacial score (nSPS) is 10.6. The van der Waals surface area contributed by atoms with E-state index in [-0.39, 0.29) is 5.69 Å². The predicted octanol–water partition coefficient (Wildman–Crippen LogP) is 3.75. The van der Waals surface area contributed by atoms with Crippen molar-refractivity contribution in [2.75, 3.05) is 14.2 Å². The second-order valence-electron chi connectivity index (χ2n) is 5.29. The number of ether oxygens (including phenoxy) is 2. The Bertz CT molecular complexity index is 891. The van der Waals surface area contributed by atoms with E-state index < -0.39 is 4.92 Å². The number of nitro groups is 1. The first kappa shape index (κ1) is 15.7. The van der Waals surface area contributed by atoms with E-state index in [2.05, 4.69) is 4.98 Å². The van der Waals surface area contributed by atoms with E-state index in [4.69, 9.17) is 9.47 Å². The fourth-order valence-electron chi connectivity index (χ4n) is 2.63. The van der Waals surface area contributed by atoms with Gasteiger partial charge in [0.2, 0.25) is 0 Å². The third-order valence-electron chi connectivity index (χ3n) is 3.87. The van der Waals surface area contributed by atoms with Crippen LogP contribution >= 0.6 is 0 Å². The first-order valence-electron chi connectivity index (χ1n) is 7.35. The fourth-order valence-corrected chi connectivity index (χ4v) is 2.63. The molecule has 1 heterocycles. The zero-order valence-corrected chi connectivity index (χ0v) is 13.4. The van der Waals surface area contributed by atoms with E-state index in [0.29, 0.717) is 17.9 Å². The van der Waals surface area contributed by atoms with Crippen LogP contribution in [0.3, 0.4) is 0 Å². The molecule has 0 radical (unpaired) electrons. The van der Waals surface area contributed by atoms with Gasteiger partial charge in [0.15, 0.2) is 11.5 Å². The predicted molar refractivity (Wildman–Crippen MR) is 90.7 cm³/mol. The van der Waals surface area contributed by atoms with Crippen molar-refractivity contribution in [3.8, 4) is 11.5 Å². The first-order valence-corrected chi connectivity index (χ1v) is 7.35. The topological polar surface area (TPSA) is 74.5 Å². The van der Waals surface area contributed by atoms with Gasteiger partial charge in [-0.05, 0) is 29.1 Å². The largest absolute Gasteiger partial charge is 0.493 e. The van der Waals surface area contributed by atoms with Gasteiger partial charge in [-0.25, -0.2) is 0 Å². The van der Waals surface area contributed by atoms with Gasteiger partial charge in [0.25, 0.3) is 5.69 Å². The molecule has 0 aliphatic rings. The summed E-state index contributed by atoms with van der Waals surface area (Å²) in [7, 11) is 3.19. The molecule has 0 saturated heterocycles. The van der Waals surface area contributed by atoms with Crippen molar-refractivity contribution in [2.45, 2.75) is 6.42 Å². The van der Waals surface area contributed by atoms with E-state index in [1.807, 2.05) is 18.2 Å². The molecule has 0 atom stereocenters. The zero-order valence-electron chi connectivity index (χ0n) is 13.4. The number of aromatic nitrogens is 1. The average molecular weight is 324 g/mol. The standard InChI is InChI=1S/C18H16N2O4/c1-23-17-10-13-7-8-19-16(15(13)11-18(17)24-2)9-12-3-5-14(6-4-12)20(21)22/h3-8,10-11H,9H2,1-2H3. The number of pyridine rings is 1. The molecule has 6 heteroatoms. The summed E-state index contributed by atoms with van der Waals surface area (Å²) in [5, 5.41) is 12.7. The smallest absolute Gasteiger partial charge is 0.269 e. The molecule has 122 valence electrons. The maximum Gasteiger partial charge on any atom is 0.269 e. The summed E-state index contributed by atoms with van der Waals surface area (Å²) >= 11 is 0. The quantitative estimate of drug-likeness (QED) is 0.528. The molecule has 0 saturated carbocycles. The molecule has 0 aliphatic heterocycles. The highest BCUT2D eigenvalue weighted by molar-refractivity contribution is 5.88. The maximum absolute atomic E-state index is 10.7. The fraction of sp³-hybridized carbons (Fsp3) is 0.167. The van der Waals surface area contributed by atoms with Crippen molar-refractivity contribution in [2.24, 2.45) is 0 Å². The van der Waals surface area contributed by atoms with Crippen molar-refractivity contribution >= 4 is 16.5 Å². The molecule has 0 fully saturated rings. The lowest BCUT2D eigenvalue weighted by atomic mass is 10.0. The lowest BCUT2D eigenvalue weighted by Crippen LogP contribution is -1.96. The van der Waals surface area contributed by atoms with Crippen LogP contribution in [-0.4, -0.2) is 24.1 Å². The van der Waals surface area contributed by atoms with Crippen LogP contribution in [0.15, 0.2) is 48.7 Å². The van der Waals surface area contributed by atoms with Gasteiger partial charge >= 0.3 is 0 Å². The Kier molecular flexibility index (Phi) is 4.29. The van der Waals surface area contributed by atoms with Crippen molar-refractivity contribution in [1.82, 2.24) is 4.98 Å². The van der Waals surface area contributed by atoms with Gasteiger partial charge in [-0.1, -0.05) is 12.1 Å². The van der Waals surface area contributed by atoms with Crippen LogP contribution in [0.1, 0.15) is 11.3 Å². The lowest BCUT2D eigenvalue weighted by Gasteiger charge is -2.11. The summed E-state index contributed by atoms with van der Waals surface area (Å²) in [5.74, 6) is 1.31. The van der Waals surface area contributed by atoms with E-state index in [1.54, 1.807) is 32.5 Å². The third kappa shape index (κ3) is 2.99. The van der Waals surface area contributed by atoms with Crippen molar-refractivity contribution in [3.05, 3.63) is 70.0 Å². The Morgan fingerprint density at radius 3 is 2.33 bits per heavy atom. The highest BCUT2D eigenvalue weighted by Crippen LogP contribution is 2.33. The minimum Gasteiger partial charge on any atom is -0.493 e. The minimum absolute atomic E-state index is 0.0797. The first-order chi connectivity index (χ1) is 11.6. The number of rotatable bonds is 5. The van der Waals surface area contributed by atoms with Crippen LogP contribution in [0.4, 0.5) is 5.69 Å². The number of non-ortho nitro benzene ring substituents is 1. The molecule has 24 heavy (non-hydrogen) atoms. The Hall–Kier alpha value is -3.15. The van der Waals surface area contributed by atoms with Gasteiger partial charge < -0.3 is 9.47 Å². The van der Waals surface area contributed by atoms with Gasteiger partial charge in [-0.15, -0.1) is 0 Å². The molecule has 6 nitrogen and oxygen atoms in total. The van der Waals surface area contributed by atoms with Crippen LogP contribution in [0.2, 0.25) is 0 Å². The van der Waals surface area contributed by atoms with Gasteiger partial charge in [0, 0.05) is 30.1 Å². The second-order valence-corrected chi connectivity index (χ2v) is 5.29. The van der Waals surface area contributed by atoms with Crippen LogP contribution < -0.4 is 9.47 Å². The van der Waals surface area contributed by atoms with E-state index in [9.17, 15) is 10.1 Å². The molecule has 1 aromatic heterocycles. The van der Waals surface area contributed by atoms with Crippen LogP contribution in [0, 0.1) is 10.1 Å². The summed E-state index contributed by atoms with van der Waals surface area (Å²) in [5.41, 5.74) is 1.91. The molecule has 0 amide bonds. The van der Waals surface area contributed by atoms with Gasteiger partial charge in [0.05, 0.1) is 24.8 Å². The zero-order chi connectivity index (χ0) is 17.1. The second kappa shape index (κ2) is 6.54. The summed E-state index contributed by atoms with van der Waals surface area (Å²) in [4.78, 5) is 14.8. The maximum atomic E-state index is 10.7. The molecule has 2 aromatic carbocycles. The molecule has 0 bridgehead atoms. The Balaban J connectivity index is 2.01. The Morgan fingerprint density at radius 2 is 1.71 bits per heavy atom. The van der Waals surface area contributed by atoms with Crippen LogP contribution in [0.25, 0.3) is 10.8 Å². The molecule has 3 rings (SSSR count). The Labute approximate surface area is 138 Å². The van der Waals surface area contributed by atoms with E-state index in [1.165, 1.54) is 12.1 Å². The molecular formula is C18H16N2O4. The van der Waals surface area contributed by atoms with E-state index >= 15 is 0 Å². The minimum atomic E-state index is -0.406. The van der Waals surface area contributed by atoms with Crippen LogP contribution in [0.5, 0.6) is 11.5 Å². The van der Waals surface area contributed by atoms with Crippen molar-refractivity contribution in [1.29, 1.82) is 0 Å². The number of benzene rings is 2. The molecule has 0 spiro atoms. The number of hydrogen-bond acceptors (Lipinski definition) is 5. The molecule has 0 unspecified atom stereocenters. The number of methoxy groups -OCH3 is 2. The summed E-state index contributed by atoms with van der Waals surface area (Å²) in [6.45, 7) is 0. The summed E-state index contributed by atoms with van der Waals surface area (Å²) in [6.07, 6.45) is 2.32. The highest BCUT2D eigenvalue weighted by Gasteiger charge is 2.11. The number of fused-ring (bicyclic) bond motifs is 1. The van der Waals surface area contributed by atoms with Gasteiger partial charge in [0.1, 0.15) is 0 Å². The number of nitrogens with zero attached hydrogens (tertiary/aromatic N) is 2. The number of nitro benzene ring substituents is 1. The van der Waals surface area contributed by atoms with E-state index in [0.717, 1.165) is 22.0 Å². The SMILES string of the molecule is COc1cc2ccnc(Cc3ccc([N+](=O)[O-])cc3)c2cc1OC. The molecule has 0 aliphatic carbocycles. The molecule has 3 aromatic rings. The van der Waals surface area contributed by atoms with Gasteiger partial charge in [-0.2, -0.15) is 0 Å². The Morgan fingerprint density at radius 1 is 1.04 bits per heavy atom. The monoisotopic (exact) mass is 324 g/mol. The average Bonchev–Trinajstić information content (AvgIpc) is 2.61. The molecule has 0 N–H and O–H groups in total. The van der Waals surface area contributed by atoms with Crippen LogP contribution in [-0.2, 0) is 6.42 Å². The van der Waals surface area contributed by atoms with Crippen molar-refractivity contribution < 1.29 is 14.4 Å². The third-order valence-corrected chi connectivity index (χ3v) is 3.87. The van der Waals surface area contributed by atoms with Gasteiger partial charge in [-0.3, -0.25) is 15.1 Å². The lowest BCUT2D eigenvalue weighted by molar-refractivity contribution is -0.384.